The maximum atomic E-state index is 13.8. The Hall–Kier alpha value is -4.46. The van der Waals surface area contributed by atoms with Crippen LogP contribution in [0.3, 0.4) is 0 Å². The lowest BCUT2D eigenvalue weighted by atomic mass is 9.43. The minimum absolute atomic E-state index is 0.000720. The van der Waals surface area contributed by atoms with Gasteiger partial charge in [-0.1, -0.05) is 115 Å². The van der Waals surface area contributed by atoms with Gasteiger partial charge >= 0.3 is 11.9 Å². The first-order valence-corrected chi connectivity index (χ1v) is 34.6. The number of carbonyl (C=O) groups is 8. The first kappa shape index (κ1) is 68.9. The molecule has 89 heavy (non-hydrogen) atoms. The van der Waals surface area contributed by atoms with E-state index in [9.17, 15) is 48.6 Å². The van der Waals surface area contributed by atoms with Gasteiger partial charge in [0.05, 0.1) is 19.6 Å². The molecule has 4 spiro atoms. The number of esters is 2. The van der Waals surface area contributed by atoms with E-state index < -0.39 is 35.8 Å². The zero-order chi connectivity index (χ0) is 65.7. The predicted octanol–water partition coefficient (Wildman–Crippen LogP) is 12.7. The molecule has 10 rings (SSSR count). The average molecular weight is 1230 g/mol. The van der Waals surface area contributed by atoms with Crippen LogP contribution in [0.15, 0.2) is 61.3 Å². The lowest BCUT2D eigenvalue weighted by molar-refractivity contribution is -0.146. The summed E-state index contributed by atoms with van der Waals surface area (Å²) >= 11 is 0. The molecule has 0 aromatic carbocycles. The van der Waals surface area contributed by atoms with Gasteiger partial charge in [0.25, 0.3) is 0 Å². The van der Waals surface area contributed by atoms with Gasteiger partial charge in [-0.3, -0.25) is 24.0 Å². The second-order valence-electron chi connectivity index (χ2n) is 32.2. The number of nitrogens with zero attached hydrogens (tertiary/aromatic N) is 1. The molecule has 10 aliphatic rings. The molecule has 0 radical (unpaired) electrons. The third-order valence-electron chi connectivity index (χ3n) is 28.6. The van der Waals surface area contributed by atoms with Crippen LogP contribution in [0, 0.1) is 126 Å². The Kier molecular flexibility index (Phi) is 19.2. The number of aliphatic hydroxyl groups excluding tert-OH is 2. The van der Waals surface area contributed by atoms with Crippen molar-refractivity contribution in [1.82, 2.24) is 4.90 Å². The average Bonchev–Trinajstić information content (AvgIpc) is 1.48. The number of aliphatic hydroxyl groups is 2. The molecular formula is C76H111NO12. The minimum Gasteiger partial charge on any atom is -0.465 e. The predicted molar refractivity (Wildman–Crippen MR) is 344 cm³/mol. The maximum absolute atomic E-state index is 13.8. The third-order valence-corrected chi connectivity index (χ3v) is 28.6. The van der Waals surface area contributed by atoms with Gasteiger partial charge in [-0.25, -0.2) is 4.79 Å². The number of ketones is 6. The van der Waals surface area contributed by atoms with Gasteiger partial charge in [-0.2, -0.15) is 0 Å². The lowest BCUT2D eigenvalue weighted by Crippen LogP contribution is -2.55. The van der Waals surface area contributed by atoms with Crippen molar-refractivity contribution in [2.75, 3.05) is 32.8 Å². The van der Waals surface area contributed by atoms with Crippen molar-refractivity contribution >= 4 is 46.6 Å². The van der Waals surface area contributed by atoms with Crippen molar-refractivity contribution in [2.45, 2.75) is 205 Å². The number of carbonyl (C=O) groups excluding carboxylic acids is 8. The number of ether oxygens (including phenoxy) is 2. The van der Waals surface area contributed by atoms with Crippen LogP contribution in [0.25, 0.3) is 0 Å². The van der Waals surface area contributed by atoms with Gasteiger partial charge in [0.15, 0.2) is 23.1 Å². The molecule has 13 nitrogen and oxygen atoms in total. The number of hydrogen-bond acceptors (Lipinski definition) is 13. The smallest absolute Gasteiger partial charge is 0.330 e. The summed E-state index contributed by atoms with van der Waals surface area (Å²) in [6.45, 7) is 42.7. The Bertz CT molecular complexity index is 2950. The van der Waals surface area contributed by atoms with Crippen molar-refractivity contribution in [1.29, 1.82) is 0 Å². The van der Waals surface area contributed by atoms with E-state index in [-0.39, 0.29) is 150 Å². The minimum atomic E-state index is -1.25. The highest BCUT2D eigenvalue weighted by molar-refractivity contribution is 5.99. The summed E-state index contributed by atoms with van der Waals surface area (Å²) in [5, 5.41) is 23.3. The molecule has 8 saturated carbocycles. The Balaban J connectivity index is 0.000000213. The summed E-state index contributed by atoms with van der Waals surface area (Å²) in [5.74, 6) is -0.243. The van der Waals surface area contributed by atoms with E-state index in [1.165, 1.54) is 0 Å². The van der Waals surface area contributed by atoms with Crippen molar-refractivity contribution in [3.8, 4) is 0 Å². The molecule has 0 aromatic heterocycles. The topological polar surface area (TPSA) is 199 Å². The van der Waals surface area contributed by atoms with Gasteiger partial charge in [0.1, 0.15) is 23.8 Å². The molecule has 10 aliphatic carbocycles. The molecule has 13 heteroatoms. The van der Waals surface area contributed by atoms with Crippen molar-refractivity contribution < 1.29 is 58.0 Å². The number of hydrogen-bond donors (Lipinski definition) is 2. The summed E-state index contributed by atoms with van der Waals surface area (Å²) in [4.78, 5) is 104. The van der Waals surface area contributed by atoms with Crippen LogP contribution in [0.2, 0.25) is 0 Å². The Labute approximate surface area is 532 Å². The quantitative estimate of drug-likeness (QED) is 0.0684. The van der Waals surface area contributed by atoms with E-state index in [1.807, 2.05) is 32.9 Å². The SMILES string of the molecule is C=C(C(=O)[C@H](O)[C@@H](C)[C@H]1[C@@H](CC(C)=O)C[C@@]2(C)C3CCC4[C@H](C)C(=O)C=C[C@@]45C[C@@]35CC[C@]12C)[C@@H](C)COC(=O)CCN(CC)CC.C=CC(=O)OC[C@H](C)C(=C)C(=O)[C@H](O)[C@@H](C)[C@H]1[C@@H](CC(C)=O)C[C@@]2(C)C3CCC4[C@H](C)C(=O)C=C[C@@]45C[C@@]35CC[C@]12C. The molecule has 0 heterocycles. The standard InChI is InChI=1S/C40H61NO6.C36H50O6/c1-10-41(11-2)19-15-33(44)47-22-24(3)26(5)35(45)36(46)28(7)34-29(20-25(4)42)21-38(9)32-13-12-30-27(6)31(43)14-16-39(30)23-40(32,39)18-17-37(34,38)8;1-9-29(39)42-18-20(2)22(4)31(40)32(41)24(6)30-25(16-21(3)37)17-34(8)28-11-10-26-23(5)27(38)12-13-35(26)19-36(28,35)15-14-33(30,34)7/h14,16,24,27-30,32,34,36,46H,5,10-13,15,17-23H2,1-4,6-9H3;9,12-13,20,23-26,28,30,32,41H,1,4,10-11,14-19H2,2-3,5-8H3/t24-,27-,28-,29-,30?,32?,34-,36+,37+,38-,39+,40-;20-,23-,24-,25-,26?,28?,30-,32+,33+,34-,35+,36-/m00/s1. The molecule has 4 unspecified atom stereocenters. The first-order valence-electron chi connectivity index (χ1n) is 34.6. The monoisotopic (exact) mass is 1230 g/mol. The lowest BCUT2D eigenvalue weighted by Gasteiger charge is -2.61. The van der Waals surface area contributed by atoms with Crippen molar-refractivity contribution in [3.05, 3.63) is 61.3 Å². The van der Waals surface area contributed by atoms with E-state index in [4.69, 9.17) is 9.47 Å². The van der Waals surface area contributed by atoms with Crippen LogP contribution in [0.5, 0.6) is 0 Å². The Morgan fingerprint density at radius 1 is 0.629 bits per heavy atom. The second kappa shape index (κ2) is 24.8. The van der Waals surface area contributed by atoms with Crippen LogP contribution < -0.4 is 0 Å². The fourth-order valence-corrected chi connectivity index (χ4v) is 23.7. The zero-order valence-electron chi connectivity index (χ0n) is 56.8. The molecule has 0 saturated heterocycles. The van der Waals surface area contributed by atoms with E-state index >= 15 is 0 Å². The van der Waals surface area contributed by atoms with E-state index in [1.54, 1.807) is 20.8 Å². The summed E-state index contributed by atoms with van der Waals surface area (Å²) in [6, 6.07) is 0. The van der Waals surface area contributed by atoms with Crippen LogP contribution in [0.4, 0.5) is 0 Å². The van der Waals surface area contributed by atoms with Crippen LogP contribution >= 0.6 is 0 Å². The van der Waals surface area contributed by atoms with Crippen LogP contribution in [0.1, 0.15) is 193 Å². The molecule has 0 amide bonds. The number of allylic oxidation sites excluding steroid dienone is 4. The zero-order valence-corrected chi connectivity index (χ0v) is 56.8. The van der Waals surface area contributed by atoms with Gasteiger partial charge in [-0.05, 0) is 230 Å². The molecule has 0 aliphatic heterocycles. The number of Topliss-reactive ketones (excluding diaryl/α,β-unsaturated/α-hetero) is 4. The summed E-state index contributed by atoms with van der Waals surface area (Å²) in [7, 11) is 0. The normalized spacial score (nSPS) is 41.9. The highest BCUT2D eigenvalue weighted by atomic mass is 16.5. The molecule has 24 atom stereocenters. The van der Waals surface area contributed by atoms with Crippen LogP contribution in [-0.4, -0.2) is 107 Å². The molecule has 8 fully saturated rings. The number of rotatable bonds is 24. The van der Waals surface area contributed by atoms with E-state index in [0.717, 1.165) is 96.2 Å². The molecule has 492 valence electrons. The maximum Gasteiger partial charge on any atom is 0.330 e. The van der Waals surface area contributed by atoms with Crippen molar-refractivity contribution in [2.24, 2.45) is 126 Å². The fraction of sp³-hybridized carbons (Fsp3) is 0.763. The van der Waals surface area contributed by atoms with Crippen molar-refractivity contribution in [3.63, 3.8) is 0 Å². The molecule has 2 N–H and O–H groups in total. The summed E-state index contributed by atoms with van der Waals surface area (Å²) in [5.41, 5.74) is 0.799. The second-order valence-corrected chi connectivity index (χ2v) is 32.2. The van der Waals surface area contributed by atoms with E-state index in [2.05, 4.69) is 92.2 Å². The highest BCUT2D eigenvalue weighted by Crippen LogP contribution is 2.89. The Morgan fingerprint density at radius 3 is 1.39 bits per heavy atom. The van der Waals surface area contributed by atoms with Gasteiger partial charge in [0.2, 0.25) is 0 Å². The highest BCUT2D eigenvalue weighted by Gasteiger charge is 2.83. The summed E-state index contributed by atoms with van der Waals surface area (Å²) < 4.78 is 10.6. The van der Waals surface area contributed by atoms with Crippen LogP contribution in [-0.2, 0) is 47.8 Å². The largest absolute Gasteiger partial charge is 0.465 e. The first-order chi connectivity index (χ1) is 41.6. The van der Waals surface area contributed by atoms with Gasteiger partial charge < -0.3 is 34.2 Å². The fourth-order valence-electron chi connectivity index (χ4n) is 23.7. The molecular weight excluding hydrogens is 1120 g/mol. The summed E-state index contributed by atoms with van der Waals surface area (Å²) in [6.07, 6.45) is 20.7. The van der Waals surface area contributed by atoms with Gasteiger partial charge in [-0.15, -0.1) is 0 Å². The number of fused-ring (bicyclic) bond motifs is 4. The molecule has 0 aromatic rings. The third kappa shape index (κ3) is 10.8. The van der Waals surface area contributed by atoms with Gasteiger partial charge in [0, 0.05) is 49.1 Å². The Morgan fingerprint density at radius 2 is 1.02 bits per heavy atom. The van der Waals surface area contributed by atoms with E-state index in [0.29, 0.717) is 49.5 Å². The molecule has 0 bridgehead atoms.